The maximum atomic E-state index is 12.5. The lowest BCUT2D eigenvalue weighted by Gasteiger charge is -2.30. The molecule has 1 aliphatic rings. The Bertz CT molecular complexity index is 587. The average molecular weight is 329 g/mol. The molecule has 0 saturated heterocycles. The van der Waals surface area contributed by atoms with Crippen LogP contribution >= 0.6 is 11.8 Å². The van der Waals surface area contributed by atoms with E-state index in [9.17, 15) is 8.42 Å². The number of hydrogen-bond donors (Lipinski definition) is 2. The van der Waals surface area contributed by atoms with Crippen LogP contribution in [-0.4, -0.2) is 26.0 Å². The molecular weight excluding hydrogens is 304 g/mol. The number of sulfonamides is 1. The van der Waals surface area contributed by atoms with Crippen LogP contribution in [0.5, 0.6) is 0 Å². The Morgan fingerprint density at radius 2 is 2.05 bits per heavy atom. The van der Waals surface area contributed by atoms with Crippen molar-refractivity contribution in [2.75, 3.05) is 12.0 Å². The van der Waals surface area contributed by atoms with Gasteiger partial charge in [0.25, 0.3) is 0 Å². The second-order valence-corrected chi connectivity index (χ2v) is 8.29. The molecule has 2 atom stereocenters. The molecule has 1 aromatic carbocycles. The van der Waals surface area contributed by atoms with E-state index in [1.807, 2.05) is 13.2 Å². The molecular formula is C15H24N2O2S2. The minimum Gasteiger partial charge on any atom is -0.398 e. The minimum absolute atomic E-state index is 0.0193. The number of aryl methyl sites for hydroxylation is 1. The van der Waals surface area contributed by atoms with Gasteiger partial charge in [-0.3, -0.25) is 0 Å². The van der Waals surface area contributed by atoms with Crippen molar-refractivity contribution in [2.24, 2.45) is 0 Å². The summed E-state index contributed by atoms with van der Waals surface area (Å²) in [6, 6.07) is 5.04. The molecule has 1 fully saturated rings. The number of anilines is 1. The molecule has 0 aromatic heterocycles. The molecule has 1 aliphatic carbocycles. The second-order valence-electron chi connectivity index (χ2n) is 5.50. The van der Waals surface area contributed by atoms with Crippen LogP contribution in [0, 0.1) is 0 Å². The van der Waals surface area contributed by atoms with E-state index in [2.05, 4.69) is 4.72 Å². The summed E-state index contributed by atoms with van der Waals surface area (Å²) in [5, 5.41) is 0.362. The Hall–Kier alpha value is -0.720. The first-order valence-corrected chi connectivity index (χ1v) is 10.2. The van der Waals surface area contributed by atoms with E-state index in [1.54, 1.807) is 30.0 Å². The molecule has 0 amide bonds. The largest absolute Gasteiger partial charge is 0.398 e. The van der Waals surface area contributed by atoms with Crippen LogP contribution < -0.4 is 10.5 Å². The highest BCUT2D eigenvalue weighted by molar-refractivity contribution is 7.99. The van der Waals surface area contributed by atoms with Crippen LogP contribution in [0.15, 0.2) is 23.1 Å². The summed E-state index contributed by atoms with van der Waals surface area (Å²) in [6.07, 6.45) is 7.10. The first-order chi connectivity index (χ1) is 9.97. The third-order valence-corrected chi connectivity index (χ3v) is 6.78. The summed E-state index contributed by atoms with van der Waals surface area (Å²) in [4.78, 5) is 0.266. The normalized spacial score (nSPS) is 23.1. The van der Waals surface area contributed by atoms with E-state index in [4.69, 9.17) is 5.73 Å². The highest BCUT2D eigenvalue weighted by Crippen LogP contribution is 2.28. The SMILES string of the molecule is CCc1ccc(S(=O)(=O)NC2CCCCC2SC)cc1N. The molecule has 0 aliphatic heterocycles. The fourth-order valence-corrected chi connectivity index (χ4v) is 5.21. The van der Waals surface area contributed by atoms with Gasteiger partial charge in [-0.2, -0.15) is 11.8 Å². The Morgan fingerprint density at radius 1 is 1.33 bits per heavy atom. The maximum Gasteiger partial charge on any atom is 0.240 e. The van der Waals surface area contributed by atoms with Crippen molar-refractivity contribution in [1.82, 2.24) is 4.72 Å². The van der Waals surface area contributed by atoms with E-state index in [1.165, 1.54) is 6.42 Å². The summed E-state index contributed by atoms with van der Waals surface area (Å²) >= 11 is 1.75. The van der Waals surface area contributed by atoms with E-state index >= 15 is 0 Å². The van der Waals surface area contributed by atoms with Gasteiger partial charge in [0.15, 0.2) is 0 Å². The molecule has 0 heterocycles. The third-order valence-electron chi connectivity index (χ3n) is 4.12. The zero-order chi connectivity index (χ0) is 15.5. The van der Waals surface area contributed by atoms with Crippen molar-refractivity contribution in [3.63, 3.8) is 0 Å². The summed E-state index contributed by atoms with van der Waals surface area (Å²) in [7, 11) is -3.49. The number of nitrogens with two attached hydrogens (primary N) is 1. The van der Waals surface area contributed by atoms with Crippen LogP contribution in [0.25, 0.3) is 0 Å². The van der Waals surface area contributed by atoms with Crippen LogP contribution in [0.3, 0.4) is 0 Å². The van der Waals surface area contributed by atoms with Crippen molar-refractivity contribution in [3.05, 3.63) is 23.8 Å². The van der Waals surface area contributed by atoms with Crippen molar-refractivity contribution < 1.29 is 8.42 Å². The molecule has 0 spiro atoms. The van der Waals surface area contributed by atoms with Gasteiger partial charge in [-0.25, -0.2) is 13.1 Å². The van der Waals surface area contributed by atoms with Gasteiger partial charge in [-0.05, 0) is 43.2 Å². The van der Waals surface area contributed by atoms with Gasteiger partial charge in [0.2, 0.25) is 10.0 Å². The van der Waals surface area contributed by atoms with E-state index < -0.39 is 10.0 Å². The van der Waals surface area contributed by atoms with E-state index in [0.717, 1.165) is 31.2 Å². The van der Waals surface area contributed by atoms with Crippen LogP contribution in [0.1, 0.15) is 38.2 Å². The number of benzene rings is 1. The van der Waals surface area contributed by atoms with Gasteiger partial charge in [-0.1, -0.05) is 25.8 Å². The van der Waals surface area contributed by atoms with Crippen molar-refractivity contribution in [2.45, 2.75) is 55.2 Å². The number of nitrogen functional groups attached to an aromatic ring is 1. The van der Waals surface area contributed by atoms with Crippen molar-refractivity contribution >= 4 is 27.5 Å². The fraction of sp³-hybridized carbons (Fsp3) is 0.600. The Balaban J connectivity index is 2.19. The second kappa shape index (κ2) is 7.03. The van der Waals surface area contributed by atoms with Gasteiger partial charge < -0.3 is 5.73 Å². The smallest absolute Gasteiger partial charge is 0.240 e. The average Bonchev–Trinajstić information content (AvgIpc) is 2.47. The minimum atomic E-state index is -3.49. The number of thioether (sulfide) groups is 1. The Morgan fingerprint density at radius 3 is 2.67 bits per heavy atom. The van der Waals surface area contributed by atoms with Crippen LogP contribution in [0.2, 0.25) is 0 Å². The fourth-order valence-electron chi connectivity index (χ4n) is 2.84. The first-order valence-electron chi connectivity index (χ1n) is 7.41. The van der Waals surface area contributed by atoms with Gasteiger partial charge in [-0.15, -0.1) is 0 Å². The Kier molecular flexibility index (Phi) is 5.57. The summed E-state index contributed by atoms with van der Waals surface area (Å²) < 4.78 is 27.9. The molecule has 3 N–H and O–H groups in total. The molecule has 2 unspecified atom stereocenters. The molecule has 6 heteroatoms. The van der Waals surface area contributed by atoms with Crippen molar-refractivity contribution in [1.29, 1.82) is 0 Å². The molecule has 1 saturated carbocycles. The number of hydrogen-bond acceptors (Lipinski definition) is 4. The molecule has 4 nitrogen and oxygen atoms in total. The van der Waals surface area contributed by atoms with Gasteiger partial charge in [0.1, 0.15) is 0 Å². The molecule has 0 bridgehead atoms. The van der Waals surface area contributed by atoms with Crippen LogP contribution in [0.4, 0.5) is 5.69 Å². The Labute approximate surface area is 131 Å². The topological polar surface area (TPSA) is 72.2 Å². The van der Waals surface area contributed by atoms with Gasteiger partial charge >= 0.3 is 0 Å². The molecule has 0 radical (unpaired) electrons. The number of rotatable bonds is 5. The standard InChI is InChI=1S/C15H24N2O2S2/c1-3-11-8-9-12(10-13(11)16)21(18,19)17-14-6-4-5-7-15(14)20-2/h8-10,14-15,17H,3-7,16H2,1-2H3. The predicted octanol–water partition coefficient (Wildman–Crippen LogP) is 2.78. The lowest BCUT2D eigenvalue weighted by molar-refractivity contribution is 0.423. The van der Waals surface area contributed by atoms with Gasteiger partial charge in [0.05, 0.1) is 4.90 Å². The first kappa shape index (κ1) is 16.6. The van der Waals surface area contributed by atoms with Gasteiger partial charge in [0, 0.05) is 17.0 Å². The predicted molar refractivity (Wildman–Crippen MR) is 90.1 cm³/mol. The molecule has 1 aromatic rings. The van der Waals surface area contributed by atoms with Crippen LogP contribution in [-0.2, 0) is 16.4 Å². The highest BCUT2D eigenvalue weighted by Gasteiger charge is 2.29. The lowest BCUT2D eigenvalue weighted by Crippen LogP contribution is -2.43. The monoisotopic (exact) mass is 328 g/mol. The zero-order valence-electron chi connectivity index (χ0n) is 12.6. The highest BCUT2D eigenvalue weighted by atomic mass is 32.2. The van der Waals surface area contributed by atoms with E-state index in [-0.39, 0.29) is 10.9 Å². The maximum absolute atomic E-state index is 12.5. The summed E-state index contributed by atoms with van der Waals surface area (Å²) in [5.41, 5.74) is 7.45. The summed E-state index contributed by atoms with van der Waals surface area (Å²) in [5.74, 6) is 0. The van der Waals surface area contributed by atoms with E-state index in [0.29, 0.717) is 10.9 Å². The number of nitrogens with one attached hydrogen (secondary N) is 1. The third kappa shape index (κ3) is 3.93. The summed E-state index contributed by atoms with van der Waals surface area (Å²) in [6.45, 7) is 2.00. The molecule has 2 rings (SSSR count). The molecule has 118 valence electrons. The molecule has 21 heavy (non-hydrogen) atoms. The van der Waals surface area contributed by atoms with Crippen molar-refractivity contribution in [3.8, 4) is 0 Å². The lowest BCUT2D eigenvalue weighted by atomic mass is 9.96. The zero-order valence-corrected chi connectivity index (χ0v) is 14.3. The quantitative estimate of drug-likeness (QED) is 0.815.